The number of hydrogen-bond acceptors (Lipinski definition) is 2. The third-order valence-electron chi connectivity index (χ3n) is 3.33. The maximum Gasteiger partial charge on any atom is 0.131 e. The van der Waals surface area contributed by atoms with Gasteiger partial charge in [0.1, 0.15) is 17.3 Å². The van der Waals surface area contributed by atoms with Gasteiger partial charge < -0.3 is 10.3 Å². The summed E-state index contributed by atoms with van der Waals surface area (Å²) >= 11 is 9.52. The van der Waals surface area contributed by atoms with Crippen molar-refractivity contribution in [2.45, 2.75) is 46.1 Å². The molecule has 2 rings (SSSR count). The summed E-state index contributed by atoms with van der Waals surface area (Å²) in [6.07, 6.45) is 0. The van der Waals surface area contributed by atoms with E-state index in [4.69, 9.17) is 22.3 Å². The van der Waals surface area contributed by atoms with Crippen molar-refractivity contribution in [1.29, 1.82) is 0 Å². The third kappa shape index (κ3) is 3.11. The lowest BCUT2D eigenvalue weighted by atomic mass is 9.95. The van der Waals surface area contributed by atoms with Crippen LogP contribution < -0.4 is 5.73 Å². The van der Waals surface area contributed by atoms with Gasteiger partial charge in [0.25, 0.3) is 0 Å². The smallest absolute Gasteiger partial charge is 0.131 e. The number of hydrogen-bond donors (Lipinski definition) is 1. The van der Waals surface area contributed by atoms with Crippen LogP contribution in [0.25, 0.3) is 11.3 Å². The monoisotopic (exact) mass is 369 g/mol. The highest BCUT2D eigenvalue weighted by molar-refractivity contribution is 9.10. The third-order valence-corrected chi connectivity index (χ3v) is 4.54. The van der Waals surface area contributed by atoms with E-state index in [1.54, 1.807) is 0 Å². The van der Waals surface area contributed by atoms with Crippen LogP contribution in [0.2, 0.25) is 5.02 Å². The highest BCUT2D eigenvalue weighted by atomic mass is 79.9. The largest absolute Gasteiger partial charge is 0.383 e. The Morgan fingerprint density at radius 1 is 1.29 bits per heavy atom. The molecule has 0 saturated heterocycles. The van der Waals surface area contributed by atoms with Crippen LogP contribution >= 0.6 is 27.5 Å². The van der Waals surface area contributed by atoms with Gasteiger partial charge in [-0.1, -0.05) is 38.4 Å². The van der Waals surface area contributed by atoms with E-state index in [-0.39, 0.29) is 11.5 Å². The van der Waals surface area contributed by atoms with Crippen molar-refractivity contribution in [2.75, 3.05) is 5.73 Å². The molecule has 0 aliphatic carbocycles. The van der Waals surface area contributed by atoms with Gasteiger partial charge in [0.15, 0.2) is 0 Å². The normalized spacial score (nSPS) is 12.2. The topological polar surface area (TPSA) is 43.8 Å². The minimum Gasteiger partial charge on any atom is -0.383 e. The van der Waals surface area contributed by atoms with Gasteiger partial charge in [-0.05, 0) is 41.9 Å². The minimum atomic E-state index is -0.0691. The molecule has 0 unspecified atom stereocenters. The maximum atomic E-state index is 6.37. The zero-order valence-corrected chi connectivity index (χ0v) is 15.4. The Hall–Kier alpha value is -1.00. The summed E-state index contributed by atoms with van der Waals surface area (Å²) in [5.41, 5.74) is 8.08. The molecule has 2 N–H and O–H groups in total. The molecule has 21 heavy (non-hydrogen) atoms. The average Bonchev–Trinajstić information content (AvgIpc) is 2.70. The Morgan fingerprint density at radius 2 is 1.90 bits per heavy atom. The molecule has 0 radical (unpaired) electrons. The summed E-state index contributed by atoms with van der Waals surface area (Å²) in [6.45, 7) is 10.7. The summed E-state index contributed by atoms with van der Waals surface area (Å²) in [7, 11) is 0. The second kappa shape index (κ2) is 5.65. The Balaban J connectivity index is 2.68. The number of anilines is 1. The number of nitrogen functional groups attached to an aromatic ring is 1. The lowest BCUT2D eigenvalue weighted by molar-refractivity contribution is 0.473. The van der Waals surface area contributed by atoms with Crippen LogP contribution in [0.3, 0.4) is 0 Å². The van der Waals surface area contributed by atoms with Crippen molar-refractivity contribution in [1.82, 2.24) is 9.55 Å². The molecule has 0 atom stereocenters. The lowest BCUT2D eigenvalue weighted by Gasteiger charge is -2.22. The molecule has 1 aromatic heterocycles. The van der Waals surface area contributed by atoms with Gasteiger partial charge in [-0.3, -0.25) is 0 Å². The average molecular weight is 371 g/mol. The minimum absolute atomic E-state index is 0.0691. The van der Waals surface area contributed by atoms with E-state index in [9.17, 15) is 0 Å². The molecule has 0 amide bonds. The van der Waals surface area contributed by atoms with Crippen LogP contribution in [0, 0.1) is 0 Å². The van der Waals surface area contributed by atoms with Gasteiger partial charge in [0.2, 0.25) is 0 Å². The van der Waals surface area contributed by atoms with Crippen LogP contribution in [0.4, 0.5) is 5.82 Å². The van der Waals surface area contributed by atoms with Gasteiger partial charge in [-0.15, -0.1) is 0 Å². The van der Waals surface area contributed by atoms with E-state index >= 15 is 0 Å². The number of nitrogens with zero attached hydrogens (tertiary/aromatic N) is 2. The maximum absolute atomic E-state index is 6.37. The van der Waals surface area contributed by atoms with E-state index in [1.807, 2.05) is 18.2 Å². The Morgan fingerprint density at radius 3 is 2.33 bits per heavy atom. The van der Waals surface area contributed by atoms with Crippen LogP contribution in [0.15, 0.2) is 22.7 Å². The molecule has 0 spiro atoms. The summed E-state index contributed by atoms with van der Waals surface area (Å²) < 4.78 is 2.95. The molecule has 0 saturated carbocycles. The fourth-order valence-corrected chi connectivity index (χ4v) is 2.85. The summed E-state index contributed by atoms with van der Waals surface area (Å²) in [5, 5.41) is 0.677. The van der Waals surface area contributed by atoms with Crippen molar-refractivity contribution in [3.63, 3.8) is 0 Å². The molecule has 2 aromatic rings. The van der Waals surface area contributed by atoms with Crippen LogP contribution in [0.1, 0.15) is 46.5 Å². The second-order valence-electron chi connectivity index (χ2n) is 6.51. The Kier molecular flexibility index (Phi) is 4.41. The first-order chi connectivity index (χ1) is 9.62. The fourth-order valence-electron chi connectivity index (χ4n) is 2.35. The quantitative estimate of drug-likeness (QED) is 0.766. The van der Waals surface area contributed by atoms with E-state index in [0.29, 0.717) is 10.8 Å². The van der Waals surface area contributed by atoms with Gasteiger partial charge in [-0.25, -0.2) is 4.98 Å². The first kappa shape index (κ1) is 16.4. The number of rotatable bonds is 2. The number of nitrogens with two attached hydrogens (primary N) is 1. The summed E-state index contributed by atoms with van der Waals surface area (Å²) in [4.78, 5) is 4.82. The van der Waals surface area contributed by atoms with Crippen molar-refractivity contribution in [3.8, 4) is 11.3 Å². The fraction of sp³-hybridized carbons (Fsp3) is 0.438. The van der Waals surface area contributed by atoms with Crippen molar-refractivity contribution < 1.29 is 0 Å². The molecule has 0 aliphatic heterocycles. The molecule has 3 nitrogen and oxygen atoms in total. The number of aromatic nitrogens is 2. The predicted molar refractivity (Wildman–Crippen MR) is 93.9 cm³/mol. The molecular formula is C16H21BrClN3. The summed E-state index contributed by atoms with van der Waals surface area (Å²) in [6, 6.07) is 6.02. The van der Waals surface area contributed by atoms with Gasteiger partial charge in [0.05, 0.1) is 5.02 Å². The molecule has 5 heteroatoms. The number of imidazole rings is 1. The highest BCUT2D eigenvalue weighted by Crippen LogP contribution is 2.36. The Labute approximate surface area is 139 Å². The molecule has 114 valence electrons. The number of benzene rings is 1. The number of halogens is 2. The van der Waals surface area contributed by atoms with Crippen molar-refractivity contribution >= 4 is 33.3 Å². The van der Waals surface area contributed by atoms with E-state index in [1.165, 1.54) is 0 Å². The molecule has 1 aromatic carbocycles. The van der Waals surface area contributed by atoms with E-state index in [2.05, 4.69) is 55.1 Å². The molecule has 0 fully saturated rings. The van der Waals surface area contributed by atoms with E-state index < -0.39 is 0 Å². The summed E-state index contributed by atoms with van der Waals surface area (Å²) in [5.74, 6) is 1.69. The van der Waals surface area contributed by atoms with Gasteiger partial charge in [0, 0.05) is 21.5 Å². The van der Waals surface area contributed by atoms with Crippen LogP contribution in [-0.4, -0.2) is 9.55 Å². The zero-order chi connectivity index (χ0) is 15.9. The molecule has 1 heterocycles. The molecule has 0 bridgehead atoms. The second-order valence-corrected chi connectivity index (χ2v) is 7.77. The lowest BCUT2D eigenvalue weighted by Crippen LogP contribution is -2.21. The first-order valence-corrected chi connectivity index (χ1v) is 8.13. The predicted octanol–water partition coefficient (Wildman–Crippen LogP) is 5.43. The molecular weight excluding hydrogens is 350 g/mol. The standard InChI is InChI=1S/C16H21BrClN3/c1-9(2)21-14(19)13(20-15(21)16(3,4)5)10-6-7-12(18)11(17)8-10/h6-9H,19H2,1-5H3. The molecule has 0 aliphatic rings. The highest BCUT2D eigenvalue weighted by Gasteiger charge is 2.26. The van der Waals surface area contributed by atoms with E-state index in [0.717, 1.165) is 21.6 Å². The van der Waals surface area contributed by atoms with Crippen molar-refractivity contribution in [3.05, 3.63) is 33.5 Å². The zero-order valence-electron chi connectivity index (χ0n) is 13.0. The van der Waals surface area contributed by atoms with Gasteiger partial charge >= 0.3 is 0 Å². The SMILES string of the molecule is CC(C)n1c(C(C)(C)C)nc(-c2ccc(Cl)c(Br)c2)c1N. The Bertz CT molecular complexity index is 669. The van der Waals surface area contributed by atoms with Crippen molar-refractivity contribution in [2.24, 2.45) is 0 Å². The first-order valence-electron chi connectivity index (χ1n) is 6.96. The van der Waals surface area contributed by atoms with Gasteiger partial charge in [-0.2, -0.15) is 0 Å². The van der Waals surface area contributed by atoms with Crippen LogP contribution in [-0.2, 0) is 5.41 Å². The van der Waals surface area contributed by atoms with Crippen LogP contribution in [0.5, 0.6) is 0 Å².